The molecule has 12 heteroatoms. The molecule has 1 aliphatic heterocycles. The molecule has 0 aromatic heterocycles. The molecule has 1 aliphatic rings. The van der Waals surface area contributed by atoms with Gasteiger partial charge in [-0.3, -0.25) is 4.79 Å². The van der Waals surface area contributed by atoms with Gasteiger partial charge >= 0.3 is 24.5 Å². The molecule has 0 radical (unpaired) electrons. The number of fused-ring (bicyclic) bond motifs is 1. The number of alkyl halides is 3. The van der Waals surface area contributed by atoms with E-state index in [1.807, 2.05) is 42.5 Å². The maximum absolute atomic E-state index is 14.0. The van der Waals surface area contributed by atoms with Crippen molar-refractivity contribution in [2.45, 2.75) is 51.6 Å². The van der Waals surface area contributed by atoms with E-state index in [0.717, 1.165) is 28.8 Å². The molecular weight excluding hydrogens is 641 g/mol. The number of carbonyl (C=O) groups is 3. The van der Waals surface area contributed by atoms with E-state index in [1.165, 1.54) is 12.1 Å². The first kappa shape index (κ1) is 35.0. The van der Waals surface area contributed by atoms with Crippen LogP contribution in [-0.4, -0.2) is 52.7 Å². The number of hydrogen-bond acceptors (Lipinski definition) is 6. The van der Waals surface area contributed by atoms with Crippen molar-refractivity contribution in [1.29, 1.82) is 0 Å². The number of rotatable bonds is 8. The summed E-state index contributed by atoms with van der Waals surface area (Å²) in [5.74, 6) is -2.05. The molecule has 256 valence electrons. The number of nitrogens with one attached hydrogen (secondary N) is 1. The zero-order valence-electron chi connectivity index (χ0n) is 27.1. The third-order valence-corrected chi connectivity index (χ3v) is 7.98. The monoisotopic (exact) mass is 677 g/mol. The van der Waals surface area contributed by atoms with Crippen molar-refractivity contribution >= 4 is 18.1 Å². The van der Waals surface area contributed by atoms with Crippen LogP contribution in [-0.2, 0) is 22.5 Å². The molecule has 49 heavy (non-hydrogen) atoms. The van der Waals surface area contributed by atoms with Gasteiger partial charge in [-0.2, -0.15) is 4.79 Å². The van der Waals surface area contributed by atoms with E-state index in [1.54, 1.807) is 51.1 Å². The van der Waals surface area contributed by atoms with E-state index in [4.69, 9.17) is 9.47 Å². The number of aliphatic carboxylic acids is 1. The first-order valence-corrected chi connectivity index (χ1v) is 15.5. The number of hydrogen-bond donors (Lipinski definition) is 2. The molecule has 3 amide bonds. The molecular formula is C37H36F3N2O7+. The predicted octanol–water partition coefficient (Wildman–Crippen LogP) is 8.43. The summed E-state index contributed by atoms with van der Waals surface area (Å²) in [6, 6.07) is 26.0. The number of halogens is 3. The number of amides is 3. The molecule has 0 fully saturated rings. The molecule has 2 N–H and O–H groups in total. The average Bonchev–Trinajstić information content (AvgIpc) is 3.04. The van der Waals surface area contributed by atoms with Crippen molar-refractivity contribution in [2.75, 3.05) is 13.1 Å². The number of imide groups is 1. The number of nitrogens with zero attached hydrogens (tertiary/aromatic N) is 1. The lowest BCUT2D eigenvalue weighted by Crippen LogP contribution is -2.63. The van der Waals surface area contributed by atoms with Crippen molar-refractivity contribution in [1.82, 2.24) is 5.32 Å². The van der Waals surface area contributed by atoms with E-state index in [-0.39, 0.29) is 25.4 Å². The standard InChI is InChI=1S/C37H35F3N2O7/c1-36(2,3)49-35(46)42(34(45)41-22-32(33(43)44)27-11-9-25(10-12-27)24-7-5-4-6-8-24)20-19-26-13-14-31(21-28(26)23-42)47-29-15-17-30(18-16-29)48-37(38,39)40/h4-18,21,32H,19-20,22-23H2,1-3H3,(H-,41,43,44,45)/p+1. The van der Waals surface area contributed by atoms with Gasteiger partial charge in [0.25, 0.3) is 0 Å². The second-order valence-corrected chi connectivity index (χ2v) is 12.7. The van der Waals surface area contributed by atoms with Crippen molar-refractivity contribution in [3.63, 3.8) is 0 Å². The van der Waals surface area contributed by atoms with Crippen LogP contribution in [0, 0.1) is 0 Å². The molecule has 4 aromatic carbocycles. The number of quaternary nitrogens is 1. The van der Waals surface area contributed by atoms with Gasteiger partial charge in [-0.15, -0.1) is 17.7 Å². The summed E-state index contributed by atoms with van der Waals surface area (Å²) < 4.78 is 52.3. The lowest BCUT2D eigenvalue weighted by molar-refractivity contribution is -0.795. The van der Waals surface area contributed by atoms with Gasteiger partial charge in [0, 0.05) is 18.5 Å². The third kappa shape index (κ3) is 8.76. The Morgan fingerprint density at radius 2 is 1.43 bits per heavy atom. The minimum Gasteiger partial charge on any atom is -0.481 e. The molecule has 0 bridgehead atoms. The Balaban J connectivity index is 1.36. The second kappa shape index (κ2) is 14.0. The van der Waals surface area contributed by atoms with Gasteiger partial charge in [-0.1, -0.05) is 60.7 Å². The molecule has 0 spiro atoms. The van der Waals surface area contributed by atoms with Crippen LogP contribution in [0.25, 0.3) is 11.1 Å². The zero-order valence-corrected chi connectivity index (χ0v) is 27.1. The van der Waals surface area contributed by atoms with Crippen LogP contribution in [0.1, 0.15) is 43.4 Å². The Kier molecular flexibility index (Phi) is 10.00. The van der Waals surface area contributed by atoms with Gasteiger partial charge in [-0.25, -0.2) is 4.79 Å². The van der Waals surface area contributed by atoms with Crippen LogP contribution in [0.3, 0.4) is 0 Å². The maximum Gasteiger partial charge on any atom is 0.573 e. The molecule has 2 atom stereocenters. The Hall–Kier alpha value is -5.36. The minimum absolute atomic E-state index is 0.0676. The van der Waals surface area contributed by atoms with Gasteiger partial charge in [0.2, 0.25) is 0 Å². The highest BCUT2D eigenvalue weighted by Crippen LogP contribution is 2.34. The van der Waals surface area contributed by atoms with Crippen LogP contribution in [0.15, 0.2) is 97.1 Å². The SMILES string of the molecule is CC(C)(C)OC(=O)[N+]1(C(=O)NCC(C(=O)O)c2ccc(-c3ccccc3)cc2)CCc2ccc(Oc3ccc(OC(F)(F)F)cc3)cc2C1. The minimum atomic E-state index is -4.82. The Morgan fingerprint density at radius 1 is 0.816 bits per heavy atom. The van der Waals surface area contributed by atoms with E-state index in [0.29, 0.717) is 23.3 Å². The summed E-state index contributed by atoms with van der Waals surface area (Å²) in [6.07, 6.45) is -5.29. The molecule has 5 rings (SSSR count). The fraction of sp³-hybridized carbons (Fsp3) is 0.270. The summed E-state index contributed by atoms with van der Waals surface area (Å²) in [7, 11) is 0. The molecule has 0 saturated heterocycles. The second-order valence-electron chi connectivity index (χ2n) is 12.7. The molecule has 0 saturated carbocycles. The Bertz CT molecular complexity index is 1810. The molecule has 1 heterocycles. The lowest BCUT2D eigenvalue weighted by Gasteiger charge is -2.37. The number of benzene rings is 4. The van der Waals surface area contributed by atoms with Crippen molar-refractivity contribution < 1.29 is 51.4 Å². The van der Waals surface area contributed by atoms with Gasteiger partial charge in [0.1, 0.15) is 35.9 Å². The Morgan fingerprint density at radius 3 is 2.04 bits per heavy atom. The highest BCUT2D eigenvalue weighted by atomic mass is 19.4. The Labute approximate surface area is 281 Å². The summed E-state index contributed by atoms with van der Waals surface area (Å²) in [4.78, 5) is 40.1. The molecule has 2 unspecified atom stereocenters. The fourth-order valence-electron chi connectivity index (χ4n) is 5.57. The summed E-state index contributed by atoms with van der Waals surface area (Å²) in [6.45, 7) is 4.76. The topological polar surface area (TPSA) is 111 Å². The molecule has 0 aliphatic carbocycles. The number of urea groups is 1. The molecule has 9 nitrogen and oxygen atoms in total. The van der Waals surface area contributed by atoms with Gasteiger partial charge in [0.15, 0.2) is 0 Å². The van der Waals surface area contributed by atoms with Crippen molar-refractivity contribution in [2.24, 2.45) is 0 Å². The quantitative estimate of drug-likeness (QED) is 0.180. The van der Waals surface area contributed by atoms with E-state index < -0.39 is 46.2 Å². The number of carbonyl (C=O) groups excluding carboxylic acids is 2. The number of ether oxygens (including phenoxy) is 3. The first-order chi connectivity index (χ1) is 23.1. The zero-order chi connectivity index (χ0) is 35.4. The largest absolute Gasteiger partial charge is 0.573 e. The van der Waals surface area contributed by atoms with E-state index >= 15 is 0 Å². The normalized spacial score (nSPS) is 16.5. The van der Waals surface area contributed by atoms with Gasteiger partial charge in [-0.05, 0) is 79.4 Å². The summed E-state index contributed by atoms with van der Waals surface area (Å²) in [5, 5.41) is 12.8. The van der Waals surface area contributed by atoms with Crippen LogP contribution >= 0.6 is 0 Å². The summed E-state index contributed by atoms with van der Waals surface area (Å²) in [5.41, 5.74) is 2.95. The lowest BCUT2D eigenvalue weighted by atomic mass is 9.96. The van der Waals surface area contributed by atoms with E-state index in [2.05, 4.69) is 10.1 Å². The van der Waals surface area contributed by atoms with Gasteiger partial charge in [0.05, 0.1) is 5.92 Å². The maximum atomic E-state index is 14.0. The fourth-order valence-corrected chi connectivity index (χ4v) is 5.57. The third-order valence-electron chi connectivity index (χ3n) is 7.98. The van der Waals surface area contributed by atoms with Crippen LogP contribution in [0.5, 0.6) is 17.2 Å². The molecule has 4 aromatic rings. The number of carboxylic acids is 1. The number of carboxylic acid groups (broad SMARTS) is 1. The van der Waals surface area contributed by atoms with Crippen LogP contribution < -0.4 is 14.8 Å². The smallest absolute Gasteiger partial charge is 0.481 e. The summed E-state index contributed by atoms with van der Waals surface area (Å²) >= 11 is 0. The van der Waals surface area contributed by atoms with E-state index in [9.17, 15) is 32.7 Å². The van der Waals surface area contributed by atoms with Crippen LogP contribution in [0.4, 0.5) is 22.8 Å². The first-order valence-electron chi connectivity index (χ1n) is 15.5. The highest BCUT2D eigenvalue weighted by Gasteiger charge is 2.51. The highest BCUT2D eigenvalue weighted by molar-refractivity contribution is 5.82. The van der Waals surface area contributed by atoms with Gasteiger partial charge < -0.3 is 24.6 Å². The van der Waals surface area contributed by atoms with Crippen molar-refractivity contribution in [3.05, 3.63) is 114 Å². The predicted molar refractivity (Wildman–Crippen MR) is 174 cm³/mol. The van der Waals surface area contributed by atoms with Crippen LogP contribution in [0.2, 0.25) is 0 Å². The average molecular weight is 678 g/mol. The van der Waals surface area contributed by atoms with Crippen molar-refractivity contribution in [3.8, 4) is 28.4 Å².